The molecule has 0 unspecified atom stereocenters. The molecule has 0 bridgehead atoms. The topological polar surface area (TPSA) is 56.7 Å². The number of guanidine groups is 1. The average molecular weight is 351 g/mol. The summed E-state index contributed by atoms with van der Waals surface area (Å²) in [5, 5.41) is 6.78. The van der Waals surface area contributed by atoms with Gasteiger partial charge in [-0.1, -0.05) is 17.7 Å². The Hall–Kier alpha value is -2.01. The minimum Gasteiger partial charge on any atom is -0.356 e. The molecule has 0 radical (unpaired) electrons. The number of unbranched alkanes of at least 4 members (excludes halogenated alkanes) is 1. The number of allylic oxidation sites excluding steroid dienone is 1. The Morgan fingerprint density at radius 3 is 2.67 bits per heavy atom. The number of anilines is 1. The zero-order chi connectivity index (χ0) is 17.8. The van der Waals surface area contributed by atoms with Crippen LogP contribution in [0.1, 0.15) is 25.7 Å². The number of nitrogens with one attached hydrogen (secondary N) is 2. The average Bonchev–Trinajstić information content (AvgIpc) is 2.57. The van der Waals surface area contributed by atoms with Gasteiger partial charge in [0.25, 0.3) is 0 Å². The zero-order valence-electron chi connectivity index (χ0n) is 14.5. The van der Waals surface area contributed by atoms with Crippen molar-refractivity contribution in [1.82, 2.24) is 10.2 Å². The molecule has 24 heavy (non-hydrogen) atoms. The van der Waals surface area contributed by atoms with Crippen LogP contribution in [-0.2, 0) is 4.79 Å². The molecule has 0 spiro atoms. The predicted octanol–water partition coefficient (Wildman–Crippen LogP) is 3.53. The Labute approximate surface area is 149 Å². The number of carbonyl (C=O) groups excluding carboxylic acids is 1. The van der Waals surface area contributed by atoms with Crippen LogP contribution in [-0.4, -0.2) is 44.0 Å². The largest absolute Gasteiger partial charge is 0.356 e. The van der Waals surface area contributed by atoms with Crippen molar-refractivity contribution in [3.05, 3.63) is 41.9 Å². The Balaban J connectivity index is 2.24. The molecule has 1 aromatic carbocycles. The molecule has 0 saturated carbocycles. The van der Waals surface area contributed by atoms with Crippen LogP contribution in [0.5, 0.6) is 0 Å². The van der Waals surface area contributed by atoms with Crippen molar-refractivity contribution in [2.75, 3.05) is 32.5 Å². The molecule has 1 rings (SSSR count). The van der Waals surface area contributed by atoms with E-state index in [0.29, 0.717) is 18.0 Å². The van der Waals surface area contributed by atoms with E-state index in [1.54, 1.807) is 31.3 Å². The zero-order valence-corrected chi connectivity index (χ0v) is 15.3. The lowest BCUT2D eigenvalue weighted by atomic mass is 10.2. The summed E-state index contributed by atoms with van der Waals surface area (Å²) in [7, 11) is 3.77. The summed E-state index contributed by atoms with van der Waals surface area (Å²) >= 11 is 5.82. The fourth-order valence-electron chi connectivity index (χ4n) is 2.17. The van der Waals surface area contributed by atoms with Crippen molar-refractivity contribution < 1.29 is 4.79 Å². The Bertz CT molecular complexity index is 542. The van der Waals surface area contributed by atoms with Gasteiger partial charge >= 0.3 is 0 Å². The first-order valence-corrected chi connectivity index (χ1v) is 8.52. The number of carbonyl (C=O) groups is 1. The van der Waals surface area contributed by atoms with Gasteiger partial charge in [0.05, 0.1) is 0 Å². The smallest absolute Gasteiger partial charge is 0.224 e. The number of hydrogen-bond acceptors (Lipinski definition) is 2. The second-order valence-electron chi connectivity index (χ2n) is 5.49. The van der Waals surface area contributed by atoms with Gasteiger partial charge in [0, 0.05) is 44.3 Å². The Kier molecular flexibility index (Phi) is 9.61. The molecule has 0 aliphatic carbocycles. The standard InChI is InChI=1S/C18H27ClN4O/c1-4-5-6-14-23(3)18(20-2)21-13-7-8-17(24)22-16-11-9-15(19)10-12-16/h4,9-12H,1,5-8,13-14H2,2-3H3,(H,20,21)(H,22,24). The maximum atomic E-state index is 11.9. The summed E-state index contributed by atoms with van der Waals surface area (Å²) < 4.78 is 0. The molecule has 132 valence electrons. The second-order valence-corrected chi connectivity index (χ2v) is 5.92. The first-order chi connectivity index (χ1) is 11.6. The van der Waals surface area contributed by atoms with E-state index in [-0.39, 0.29) is 5.91 Å². The van der Waals surface area contributed by atoms with E-state index in [0.717, 1.165) is 37.5 Å². The number of rotatable bonds is 9. The van der Waals surface area contributed by atoms with Crippen molar-refractivity contribution in [1.29, 1.82) is 0 Å². The number of nitrogens with zero attached hydrogens (tertiary/aromatic N) is 2. The van der Waals surface area contributed by atoms with E-state index in [1.807, 2.05) is 13.1 Å². The first kappa shape index (κ1) is 20.0. The van der Waals surface area contributed by atoms with Crippen molar-refractivity contribution >= 4 is 29.2 Å². The summed E-state index contributed by atoms with van der Waals surface area (Å²) in [6, 6.07) is 7.09. The van der Waals surface area contributed by atoms with E-state index >= 15 is 0 Å². The van der Waals surface area contributed by atoms with Gasteiger partial charge in [-0.2, -0.15) is 0 Å². The lowest BCUT2D eigenvalue weighted by Crippen LogP contribution is -2.39. The van der Waals surface area contributed by atoms with Gasteiger partial charge in [-0.3, -0.25) is 9.79 Å². The molecular weight excluding hydrogens is 324 g/mol. The maximum Gasteiger partial charge on any atom is 0.224 e. The van der Waals surface area contributed by atoms with E-state index < -0.39 is 0 Å². The van der Waals surface area contributed by atoms with Crippen LogP contribution in [0.3, 0.4) is 0 Å². The third kappa shape index (κ3) is 8.02. The van der Waals surface area contributed by atoms with Gasteiger partial charge in [0.15, 0.2) is 5.96 Å². The molecule has 0 aliphatic heterocycles. The van der Waals surface area contributed by atoms with Gasteiger partial charge in [0.2, 0.25) is 5.91 Å². The Morgan fingerprint density at radius 1 is 1.33 bits per heavy atom. The molecule has 1 aromatic rings. The van der Waals surface area contributed by atoms with E-state index in [4.69, 9.17) is 11.6 Å². The monoisotopic (exact) mass is 350 g/mol. The molecule has 5 nitrogen and oxygen atoms in total. The fraction of sp³-hybridized carbons (Fsp3) is 0.444. The van der Waals surface area contributed by atoms with Crippen molar-refractivity contribution in [2.45, 2.75) is 25.7 Å². The number of amides is 1. The molecule has 1 amide bonds. The number of hydrogen-bond donors (Lipinski definition) is 2. The van der Waals surface area contributed by atoms with E-state index in [2.05, 4.69) is 27.1 Å². The van der Waals surface area contributed by atoms with Gasteiger partial charge < -0.3 is 15.5 Å². The number of aliphatic imine (C=N–C) groups is 1. The van der Waals surface area contributed by atoms with Crippen LogP contribution in [0.2, 0.25) is 5.02 Å². The molecule has 0 atom stereocenters. The molecule has 0 saturated heterocycles. The predicted molar refractivity (Wildman–Crippen MR) is 103 cm³/mol. The van der Waals surface area contributed by atoms with Gasteiger partial charge in [-0.25, -0.2) is 0 Å². The van der Waals surface area contributed by atoms with Crippen molar-refractivity contribution in [2.24, 2.45) is 4.99 Å². The highest BCUT2D eigenvalue weighted by atomic mass is 35.5. The van der Waals surface area contributed by atoms with Gasteiger partial charge in [-0.05, 0) is 43.5 Å². The van der Waals surface area contributed by atoms with Crippen molar-refractivity contribution in [3.63, 3.8) is 0 Å². The second kappa shape index (κ2) is 11.5. The Morgan fingerprint density at radius 2 is 2.04 bits per heavy atom. The fourth-order valence-corrected chi connectivity index (χ4v) is 2.30. The molecule has 0 aromatic heterocycles. The summed E-state index contributed by atoms with van der Waals surface area (Å²) in [6.45, 7) is 5.35. The number of benzene rings is 1. The van der Waals surface area contributed by atoms with Crippen LogP contribution in [0.15, 0.2) is 41.9 Å². The summed E-state index contributed by atoms with van der Waals surface area (Å²) in [5.41, 5.74) is 0.759. The summed E-state index contributed by atoms with van der Waals surface area (Å²) in [6.07, 6.45) is 5.14. The highest BCUT2D eigenvalue weighted by Crippen LogP contribution is 2.13. The SMILES string of the molecule is C=CCCCN(C)C(=NC)NCCCC(=O)Nc1ccc(Cl)cc1. The third-order valence-corrected chi connectivity index (χ3v) is 3.72. The molecule has 2 N–H and O–H groups in total. The molecule has 0 heterocycles. The normalized spacial score (nSPS) is 11.0. The molecule has 6 heteroatoms. The van der Waals surface area contributed by atoms with Crippen LogP contribution >= 0.6 is 11.6 Å². The minimum atomic E-state index is -0.00607. The molecule has 0 fully saturated rings. The lowest BCUT2D eigenvalue weighted by Gasteiger charge is -2.21. The number of halogens is 1. The van der Waals surface area contributed by atoms with Crippen LogP contribution in [0.4, 0.5) is 5.69 Å². The summed E-state index contributed by atoms with van der Waals surface area (Å²) in [4.78, 5) is 18.2. The van der Waals surface area contributed by atoms with Gasteiger partial charge in [-0.15, -0.1) is 6.58 Å². The van der Waals surface area contributed by atoms with Gasteiger partial charge in [0.1, 0.15) is 0 Å². The highest BCUT2D eigenvalue weighted by molar-refractivity contribution is 6.30. The molecular formula is C18H27ClN4O. The molecule has 0 aliphatic rings. The van der Waals surface area contributed by atoms with Crippen LogP contribution < -0.4 is 10.6 Å². The van der Waals surface area contributed by atoms with E-state index in [1.165, 1.54) is 0 Å². The lowest BCUT2D eigenvalue weighted by molar-refractivity contribution is -0.116. The van der Waals surface area contributed by atoms with Crippen molar-refractivity contribution in [3.8, 4) is 0 Å². The first-order valence-electron chi connectivity index (χ1n) is 8.15. The van der Waals surface area contributed by atoms with Crippen LogP contribution in [0, 0.1) is 0 Å². The quantitative estimate of drug-likeness (QED) is 0.310. The minimum absolute atomic E-state index is 0.00607. The highest BCUT2D eigenvalue weighted by Gasteiger charge is 2.06. The summed E-state index contributed by atoms with van der Waals surface area (Å²) in [5.74, 6) is 0.839. The maximum absolute atomic E-state index is 11.9. The van der Waals surface area contributed by atoms with E-state index in [9.17, 15) is 4.79 Å². The van der Waals surface area contributed by atoms with Crippen LogP contribution in [0.25, 0.3) is 0 Å². The third-order valence-electron chi connectivity index (χ3n) is 3.47.